The van der Waals surface area contributed by atoms with Crippen LogP contribution < -0.4 is 0 Å². The largest absolute Gasteiger partial charge is 0.387 e. The minimum atomic E-state index is -0.482. The topological polar surface area (TPSA) is 20.2 Å². The lowest BCUT2D eigenvalue weighted by molar-refractivity contribution is 0.178. The molecule has 2 aromatic rings. The van der Waals surface area contributed by atoms with Crippen molar-refractivity contribution in [3.63, 3.8) is 0 Å². The van der Waals surface area contributed by atoms with Gasteiger partial charge in [0.1, 0.15) is 0 Å². The van der Waals surface area contributed by atoms with Crippen LogP contribution >= 0.6 is 23.4 Å². The first-order chi connectivity index (χ1) is 9.88. The third-order valence-corrected chi connectivity index (χ3v) is 5.21. The summed E-state index contributed by atoms with van der Waals surface area (Å²) >= 11 is 7.57. The Bertz CT molecular complexity index is 622. The van der Waals surface area contributed by atoms with Gasteiger partial charge >= 0.3 is 0 Å². The lowest BCUT2D eigenvalue weighted by Gasteiger charge is -2.22. The van der Waals surface area contributed by atoms with E-state index < -0.39 is 6.10 Å². The summed E-state index contributed by atoms with van der Waals surface area (Å²) in [5, 5.41) is 11.5. The Kier molecular flexibility index (Phi) is 5.37. The van der Waals surface area contributed by atoms with E-state index in [1.54, 1.807) is 11.8 Å². The third kappa shape index (κ3) is 4.03. The molecule has 0 heterocycles. The van der Waals surface area contributed by atoms with E-state index in [9.17, 15) is 5.11 Å². The van der Waals surface area contributed by atoms with Gasteiger partial charge in [-0.25, -0.2) is 0 Å². The van der Waals surface area contributed by atoms with Crippen molar-refractivity contribution in [1.29, 1.82) is 0 Å². The zero-order chi connectivity index (χ0) is 15.6. The van der Waals surface area contributed by atoms with Crippen LogP contribution in [0.4, 0.5) is 0 Å². The van der Waals surface area contributed by atoms with Crippen molar-refractivity contribution < 1.29 is 5.11 Å². The van der Waals surface area contributed by atoms with Gasteiger partial charge in [-0.2, -0.15) is 0 Å². The standard InChI is InChI=1S/C18H21ClOS/c1-11-9-13(3)17(10-12(11)2)18(20)14(4)21-16-7-5-15(19)6-8-16/h5-10,14,18,20H,1-4H3. The molecule has 3 heteroatoms. The number of hydrogen-bond donors (Lipinski definition) is 1. The predicted molar refractivity (Wildman–Crippen MR) is 92.4 cm³/mol. The molecule has 112 valence electrons. The number of halogens is 1. The lowest BCUT2D eigenvalue weighted by atomic mass is 9.96. The Morgan fingerprint density at radius 3 is 2.14 bits per heavy atom. The van der Waals surface area contributed by atoms with Crippen LogP contribution in [0.1, 0.15) is 35.3 Å². The van der Waals surface area contributed by atoms with Crippen LogP contribution in [0.25, 0.3) is 0 Å². The summed E-state index contributed by atoms with van der Waals surface area (Å²) in [6.07, 6.45) is -0.482. The fourth-order valence-corrected chi connectivity index (χ4v) is 3.47. The van der Waals surface area contributed by atoms with Gasteiger partial charge in [0.15, 0.2) is 0 Å². The van der Waals surface area contributed by atoms with E-state index in [0.29, 0.717) is 0 Å². The molecule has 0 bridgehead atoms. The smallest absolute Gasteiger partial charge is 0.0912 e. The molecule has 0 fully saturated rings. The SMILES string of the molecule is Cc1cc(C)c(C(O)C(C)Sc2ccc(Cl)cc2)cc1C. The van der Waals surface area contributed by atoms with Crippen molar-refractivity contribution in [3.8, 4) is 0 Å². The quantitative estimate of drug-likeness (QED) is 0.753. The van der Waals surface area contributed by atoms with Gasteiger partial charge in [0.05, 0.1) is 6.10 Å². The average molecular weight is 321 g/mol. The maximum Gasteiger partial charge on any atom is 0.0912 e. The summed E-state index contributed by atoms with van der Waals surface area (Å²) in [4.78, 5) is 1.12. The number of rotatable bonds is 4. The van der Waals surface area contributed by atoms with Crippen LogP contribution in [-0.4, -0.2) is 10.4 Å². The van der Waals surface area contributed by atoms with E-state index >= 15 is 0 Å². The molecule has 0 radical (unpaired) electrons. The van der Waals surface area contributed by atoms with Crippen LogP contribution in [-0.2, 0) is 0 Å². The molecule has 0 amide bonds. The second-order valence-corrected chi connectivity index (χ2v) is 7.40. The second-order valence-electron chi connectivity index (χ2n) is 5.51. The summed E-state index contributed by atoms with van der Waals surface area (Å²) in [5.74, 6) is 0. The van der Waals surface area contributed by atoms with Gasteiger partial charge in [-0.1, -0.05) is 30.7 Å². The highest BCUT2D eigenvalue weighted by molar-refractivity contribution is 8.00. The van der Waals surface area contributed by atoms with Gasteiger partial charge in [-0.05, 0) is 67.3 Å². The van der Waals surface area contributed by atoms with E-state index in [1.807, 2.05) is 24.3 Å². The van der Waals surface area contributed by atoms with Crippen LogP contribution in [0.3, 0.4) is 0 Å². The third-order valence-electron chi connectivity index (χ3n) is 3.78. The summed E-state index contributed by atoms with van der Waals surface area (Å²) in [6, 6.07) is 12.0. The highest BCUT2D eigenvalue weighted by Crippen LogP contribution is 2.34. The zero-order valence-electron chi connectivity index (χ0n) is 12.9. The molecule has 0 saturated heterocycles. The van der Waals surface area contributed by atoms with Crippen molar-refractivity contribution in [2.24, 2.45) is 0 Å². The minimum Gasteiger partial charge on any atom is -0.387 e. The molecule has 0 aromatic heterocycles. The lowest BCUT2D eigenvalue weighted by Crippen LogP contribution is -2.13. The minimum absolute atomic E-state index is 0.0759. The molecule has 2 unspecified atom stereocenters. The molecule has 0 saturated carbocycles. The fourth-order valence-electron chi connectivity index (χ4n) is 2.35. The van der Waals surface area contributed by atoms with Crippen molar-refractivity contribution >= 4 is 23.4 Å². The Morgan fingerprint density at radius 1 is 0.952 bits per heavy atom. The van der Waals surface area contributed by atoms with E-state index in [-0.39, 0.29) is 5.25 Å². The van der Waals surface area contributed by atoms with E-state index in [4.69, 9.17) is 11.6 Å². The fraction of sp³-hybridized carbons (Fsp3) is 0.333. The first kappa shape index (κ1) is 16.4. The van der Waals surface area contributed by atoms with Crippen LogP contribution in [0.15, 0.2) is 41.3 Å². The normalized spacial score (nSPS) is 14.0. The van der Waals surface area contributed by atoms with Gasteiger partial charge in [0, 0.05) is 15.2 Å². The predicted octanol–water partition coefficient (Wildman–Crippen LogP) is 5.48. The number of benzene rings is 2. The Hall–Kier alpha value is -0.960. The van der Waals surface area contributed by atoms with Crippen LogP contribution in [0.5, 0.6) is 0 Å². The number of aliphatic hydroxyl groups excluding tert-OH is 1. The Labute approximate surface area is 136 Å². The summed E-state index contributed by atoms with van der Waals surface area (Å²) in [5.41, 5.74) is 4.65. The molecule has 1 N–H and O–H groups in total. The van der Waals surface area contributed by atoms with E-state index in [0.717, 1.165) is 21.0 Å². The summed E-state index contributed by atoms with van der Waals surface area (Å²) in [6.45, 7) is 8.30. The average Bonchev–Trinajstić information content (AvgIpc) is 2.44. The number of hydrogen-bond acceptors (Lipinski definition) is 2. The Morgan fingerprint density at radius 2 is 1.52 bits per heavy atom. The van der Waals surface area contributed by atoms with E-state index in [2.05, 4.69) is 39.8 Å². The molecule has 0 spiro atoms. The summed E-state index contributed by atoms with van der Waals surface area (Å²) < 4.78 is 0. The molecular formula is C18H21ClOS. The van der Waals surface area contributed by atoms with Crippen molar-refractivity contribution in [3.05, 3.63) is 63.7 Å². The monoisotopic (exact) mass is 320 g/mol. The first-order valence-electron chi connectivity index (χ1n) is 7.06. The second kappa shape index (κ2) is 6.87. The number of aryl methyl sites for hydroxylation is 3. The maximum atomic E-state index is 10.7. The molecule has 2 atom stereocenters. The highest BCUT2D eigenvalue weighted by atomic mass is 35.5. The molecule has 0 aliphatic heterocycles. The van der Waals surface area contributed by atoms with Crippen molar-refractivity contribution in [2.75, 3.05) is 0 Å². The van der Waals surface area contributed by atoms with Gasteiger partial charge in [0.25, 0.3) is 0 Å². The Balaban J connectivity index is 2.17. The summed E-state index contributed by atoms with van der Waals surface area (Å²) in [7, 11) is 0. The van der Waals surface area contributed by atoms with Crippen molar-refractivity contribution in [2.45, 2.75) is 43.9 Å². The highest BCUT2D eigenvalue weighted by Gasteiger charge is 2.20. The molecular weight excluding hydrogens is 300 g/mol. The van der Waals surface area contributed by atoms with Gasteiger partial charge in [-0.3, -0.25) is 0 Å². The molecule has 1 nitrogen and oxygen atoms in total. The molecule has 2 aromatic carbocycles. The molecule has 2 rings (SSSR count). The molecule has 0 aliphatic rings. The molecule has 0 aliphatic carbocycles. The number of aliphatic hydroxyl groups is 1. The van der Waals surface area contributed by atoms with Gasteiger partial charge in [-0.15, -0.1) is 11.8 Å². The number of thioether (sulfide) groups is 1. The first-order valence-corrected chi connectivity index (χ1v) is 8.32. The van der Waals surface area contributed by atoms with Crippen molar-refractivity contribution in [1.82, 2.24) is 0 Å². The molecule has 21 heavy (non-hydrogen) atoms. The van der Waals surface area contributed by atoms with Crippen LogP contribution in [0, 0.1) is 20.8 Å². The van der Waals surface area contributed by atoms with Crippen LogP contribution in [0.2, 0.25) is 5.02 Å². The van der Waals surface area contributed by atoms with Gasteiger partial charge in [0.2, 0.25) is 0 Å². The zero-order valence-corrected chi connectivity index (χ0v) is 14.4. The van der Waals surface area contributed by atoms with E-state index in [1.165, 1.54) is 11.1 Å². The maximum absolute atomic E-state index is 10.7. The van der Waals surface area contributed by atoms with Gasteiger partial charge < -0.3 is 5.11 Å².